The average Bonchev–Trinajstić information content (AvgIpc) is 2.14. The zero-order valence-electron chi connectivity index (χ0n) is 3.44. The first-order valence-electron chi connectivity index (χ1n) is 1.63. The van der Waals surface area contributed by atoms with E-state index in [4.69, 9.17) is 6.42 Å². The SMILES string of the molecule is C#Cn1cnnn1. The summed E-state index contributed by atoms with van der Waals surface area (Å²) in [6.45, 7) is 0. The molecule has 1 rings (SSSR count). The summed E-state index contributed by atoms with van der Waals surface area (Å²) in [5, 5.41) is 9.92. The topological polar surface area (TPSA) is 43.6 Å². The first-order chi connectivity index (χ1) is 3.43. The lowest BCUT2D eigenvalue weighted by Gasteiger charge is -1.70. The molecule has 0 aliphatic carbocycles. The number of aromatic nitrogens is 4. The van der Waals surface area contributed by atoms with Crippen LogP contribution in [-0.4, -0.2) is 20.2 Å². The Hall–Kier alpha value is -1.37. The van der Waals surface area contributed by atoms with Crippen LogP contribution in [0.15, 0.2) is 6.33 Å². The lowest BCUT2D eigenvalue weighted by Crippen LogP contribution is -1.86. The van der Waals surface area contributed by atoms with Crippen molar-refractivity contribution >= 4 is 0 Å². The van der Waals surface area contributed by atoms with Crippen molar-refractivity contribution in [2.45, 2.75) is 0 Å². The van der Waals surface area contributed by atoms with Gasteiger partial charge in [0.05, 0.1) is 0 Å². The Balaban J connectivity index is 3.04. The Morgan fingerprint density at radius 2 is 2.57 bits per heavy atom. The Kier molecular flexibility index (Phi) is 0.755. The highest BCUT2D eigenvalue weighted by molar-refractivity contribution is 4.82. The van der Waals surface area contributed by atoms with Gasteiger partial charge in [0, 0.05) is 6.04 Å². The summed E-state index contributed by atoms with van der Waals surface area (Å²) in [6.07, 6.45) is 6.21. The fourth-order valence-electron chi connectivity index (χ4n) is 0.220. The van der Waals surface area contributed by atoms with E-state index in [1.54, 1.807) is 0 Å². The van der Waals surface area contributed by atoms with Crippen LogP contribution in [-0.2, 0) is 0 Å². The van der Waals surface area contributed by atoms with Gasteiger partial charge in [-0.05, 0) is 10.4 Å². The van der Waals surface area contributed by atoms with Crippen molar-refractivity contribution in [2.75, 3.05) is 0 Å². The van der Waals surface area contributed by atoms with E-state index >= 15 is 0 Å². The third kappa shape index (κ3) is 0.550. The predicted octanol–water partition coefficient (Wildman–Crippen LogP) is -0.888. The average molecular weight is 94.1 g/mol. The smallest absolute Gasteiger partial charge is 0.153 e. The summed E-state index contributed by atoms with van der Waals surface area (Å²) >= 11 is 0. The molecule has 0 N–H and O–H groups in total. The highest BCUT2D eigenvalue weighted by Crippen LogP contribution is 1.63. The molecule has 0 saturated heterocycles. The van der Waals surface area contributed by atoms with Crippen molar-refractivity contribution in [1.82, 2.24) is 20.2 Å². The summed E-state index contributed by atoms with van der Waals surface area (Å²) in [7, 11) is 0. The standard InChI is InChI=1S/C3H2N4/c1-2-7-3-4-5-6-7/h1,3H. The normalized spacial score (nSPS) is 7.86. The van der Waals surface area contributed by atoms with E-state index in [9.17, 15) is 0 Å². The Labute approximate surface area is 40.1 Å². The van der Waals surface area contributed by atoms with Crippen LogP contribution in [0.2, 0.25) is 0 Å². The molecule has 7 heavy (non-hydrogen) atoms. The molecule has 0 fully saturated rings. The van der Waals surface area contributed by atoms with E-state index in [2.05, 4.69) is 21.6 Å². The highest BCUT2D eigenvalue weighted by Gasteiger charge is 1.77. The summed E-state index contributed by atoms with van der Waals surface area (Å²) in [6, 6.07) is 2.19. The van der Waals surface area contributed by atoms with Gasteiger partial charge >= 0.3 is 0 Å². The maximum absolute atomic E-state index is 4.86. The number of terminal acetylenes is 1. The molecule has 0 unspecified atom stereocenters. The summed E-state index contributed by atoms with van der Waals surface area (Å²) in [4.78, 5) is 0. The van der Waals surface area contributed by atoms with E-state index in [0.717, 1.165) is 0 Å². The molecule has 34 valence electrons. The molecule has 1 aromatic heterocycles. The minimum Gasteiger partial charge on any atom is -0.157 e. The molecule has 0 radical (unpaired) electrons. The molecule has 0 amide bonds. The molecule has 4 heteroatoms. The molecular formula is C3H2N4. The monoisotopic (exact) mass is 94.0 g/mol. The lowest BCUT2D eigenvalue weighted by atomic mass is 11.1. The van der Waals surface area contributed by atoms with E-state index in [-0.39, 0.29) is 0 Å². The Morgan fingerprint density at radius 1 is 1.71 bits per heavy atom. The van der Waals surface area contributed by atoms with Crippen molar-refractivity contribution in [2.24, 2.45) is 0 Å². The molecule has 0 aromatic carbocycles. The third-order valence-corrected chi connectivity index (χ3v) is 0.481. The summed E-state index contributed by atoms with van der Waals surface area (Å²) in [5.74, 6) is 0. The minimum atomic E-state index is 1.18. The van der Waals surface area contributed by atoms with Crippen LogP contribution in [0.3, 0.4) is 0 Å². The van der Waals surface area contributed by atoms with Crippen molar-refractivity contribution in [3.63, 3.8) is 0 Å². The van der Waals surface area contributed by atoms with E-state index < -0.39 is 0 Å². The van der Waals surface area contributed by atoms with Gasteiger partial charge in [0.2, 0.25) is 0 Å². The van der Waals surface area contributed by atoms with Gasteiger partial charge in [-0.1, -0.05) is 6.42 Å². The number of tetrazole rings is 1. The minimum absolute atomic E-state index is 1.18. The second kappa shape index (κ2) is 1.39. The second-order valence-electron chi connectivity index (χ2n) is 0.883. The Bertz CT molecular complexity index is 169. The molecular weight excluding hydrogens is 92.1 g/mol. The fraction of sp³-hybridized carbons (Fsp3) is 0. The molecule has 0 spiro atoms. The largest absolute Gasteiger partial charge is 0.157 e. The number of nitrogens with zero attached hydrogens (tertiary/aromatic N) is 4. The molecule has 0 atom stereocenters. The predicted molar refractivity (Wildman–Crippen MR) is 22.0 cm³/mol. The van der Waals surface area contributed by atoms with Gasteiger partial charge < -0.3 is 0 Å². The molecule has 4 nitrogen and oxygen atoms in total. The van der Waals surface area contributed by atoms with Crippen LogP contribution in [0.1, 0.15) is 0 Å². The van der Waals surface area contributed by atoms with Crippen LogP contribution >= 0.6 is 0 Å². The van der Waals surface area contributed by atoms with Gasteiger partial charge in [-0.2, -0.15) is 4.68 Å². The van der Waals surface area contributed by atoms with Gasteiger partial charge in [-0.3, -0.25) is 0 Å². The maximum Gasteiger partial charge on any atom is 0.153 e. The van der Waals surface area contributed by atoms with Crippen LogP contribution in [0.4, 0.5) is 0 Å². The Morgan fingerprint density at radius 3 is 2.86 bits per heavy atom. The lowest BCUT2D eigenvalue weighted by molar-refractivity contribution is 0.809. The van der Waals surface area contributed by atoms with Crippen molar-refractivity contribution in [3.8, 4) is 12.5 Å². The first kappa shape index (κ1) is 3.81. The van der Waals surface area contributed by atoms with Crippen LogP contribution in [0, 0.1) is 12.5 Å². The van der Waals surface area contributed by atoms with Crippen LogP contribution in [0.5, 0.6) is 0 Å². The van der Waals surface area contributed by atoms with Crippen molar-refractivity contribution in [1.29, 1.82) is 0 Å². The number of hydrogen-bond acceptors (Lipinski definition) is 3. The van der Waals surface area contributed by atoms with Crippen LogP contribution < -0.4 is 0 Å². The molecule has 0 aliphatic rings. The second-order valence-corrected chi connectivity index (χ2v) is 0.883. The summed E-state index contributed by atoms with van der Waals surface area (Å²) < 4.78 is 1.18. The zero-order chi connectivity index (χ0) is 5.11. The van der Waals surface area contributed by atoms with Gasteiger partial charge in [0.25, 0.3) is 0 Å². The number of rotatable bonds is 0. The van der Waals surface area contributed by atoms with Crippen LogP contribution in [0.25, 0.3) is 0 Å². The molecule has 1 heterocycles. The van der Waals surface area contributed by atoms with E-state index in [1.807, 2.05) is 0 Å². The highest BCUT2D eigenvalue weighted by atomic mass is 15.5. The zero-order valence-corrected chi connectivity index (χ0v) is 3.44. The molecule has 1 aromatic rings. The van der Waals surface area contributed by atoms with Gasteiger partial charge in [-0.25, -0.2) is 0 Å². The van der Waals surface area contributed by atoms with Crippen molar-refractivity contribution < 1.29 is 0 Å². The molecule has 0 saturated carbocycles. The fourth-order valence-corrected chi connectivity index (χ4v) is 0.220. The quantitative estimate of drug-likeness (QED) is 0.392. The van der Waals surface area contributed by atoms with Crippen molar-refractivity contribution in [3.05, 3.63) is 6.33 Å². The molecule has 0 bridgehead atoms. The van der Waals surface area contributed by atoms with E-state index in [1.165, 1.54) is 11.0 Å². The third-order valence-electron chi connectivity index (χ3n) is 0.481. The molecule has 0 aliphatic heterocycles. The number of hydrogen-bond donors (Lipinski definition) is 0. The van der Waals surface area contributed by atoms with Gasteiger partial charge in [-0.15, -0.1) is 5.10 Å². The van der Waals surface area contributed by atoms with Gasteiger partial charge in [0.1, 0.15) is 0 Å². The van der Waals surface area contributed by atoms with E-state index in [0.29, 0.717) is 0 Å². The summed E-state index contributed by atoms with van der Waals surface area (Å²) in [5.41, 5.74) is 0. The first-order valence-corrected chi connectivity index (χ1v) is 1.63. The maximum atomic E-state index is 4.86. The van der Waals surface area contributed by atoms with Gasteiger partial charge in [0.15, 0.2) is 6.33 Å².